The highest BCUT2D eigenvalue weighted by Gasteiger charge is 2.30. The first-order valence-electron chi connectivity index (χ1n) is 12.2. The van der Waals surface area contributed by atoms with Crippen LogP contribution >= 0.6 is 0 Å². The molecule has 5 aromatic rings. The standard InChI is InChI=1S/C29H19F4N5O4/c30-22-10-4-18(5-11-22)17-42-28-35-26(19-6-8-21(9-7-19)29(31,32)33)37(36-28)24-14-12-23(13-15-24)34-27(39)20-2-1-3-25(16-20)38(40)41/h1-16H,17H2,(H,34,39). The van der Waals surface area contributed by atoms with Crippen molar-refractivity contribution >= 4 is 17.3 Å². The zero-order valence-electron chi connectivity index (χ0n) is 21.4. The molecular formula is C29H19F4N5O4. The van der Waals surface area contributed by atoms with E-state index in [1.165, 1.54) is 59.3 Å². The van der Waals surface area contributed by atoms with Crippen molar-refractivity contribution in [3.05, 3.63) is 130 Å². The van der Waals surface area contributed by atoms with Crippen LogP contribution in [0, 0.1) is 15.9 Å². The Morgan fingerprint density at radius 1 is 0.952 bits per heavy atom. The average molecular weight is 577 g/mol. The van der Waals surface area contributed by atoms with Gasteiger partial charge >= 0.3 is 12.2 Å². The highest BCUT2D eigenvalue weighted by Crippen LogP contribution is 2.32. The molecule has 9 nitrogen and oxygen atoms in total. The second kappa shape index (κ2) is 11.5. The zero-order chi connectivity index (χ0) is 29.9. The van der Waals surface area contributed by atoms with Crippen molar-refractivity contribution in [3.63, 3.8) is 0 Å². The molecule has 0 bridgehead atoms. The number of aromatic nitrogens is 3. The van der Waals surface area contributed by atoms with Gasteiger partial charge in [-0.05, 0) is 60.2 Å². The number of nitro benzene ring substituents is 1. The van der Waals surface area contributed by atoms with E-state index in [0.717, 1.165) is 18.2 Å². The summed E-state index contributed by atoms with van der Waals surface area (Å²) in [7, 11) is 0. The number of amides is 1. The van der Waals surface area contributed by atoms with Crippen LogP contribution in [-0.2, 0) is 12.8 Å². The number of ether oxygens (including phenoxy) is 1. The van der Waals surface area contributed by atoms with Gasteiger partial charge in [-0.3, -0.25) is 14.9 Å². The molecule has 212 valence electrons. The Balaban J connectivity index is 1.41. The molecule has 0 spiro atoms. The number of alkyl halides is 3. The number of hydrogen-bond donors (Lipinski definition) is 1. The Hall–Kier alpha value is -5.59. The molecule has 0 aliphatic carbocycles. The minimum atomic E-state index is -4.51. The summed E-state index contributed by atoms with van der Waals surface area (Å²) in [5.41, 5.74) is 0.841. The summed E-state index contributed by atoms with van der Waals surface area (Å²) in [4.78, 5) is 27.4. The average Bonchev–Trinajstić information content (AvgIpc) is 3.41. The molecule has 0 unspecified atom stereocenters. The molecule has 0 aliphatic rings. The van der Waals surface area contributed by atoms with Gasteiger partial charge in [-0.25, -0.2) is 9.07 Å². The molecule has 0 saturated carbocycles. The summed E-state index contributed by atoms with van der Waals surface area (Å²) in [5.74, 6) is -0.782. The number of non-ortho nitro benzene ring substituents is 1. The maximum Gasteiger partial charge on any atom is 0.416 e. The lowest BCUT2D eigenvalue weighted by atomic mass is 10.1. The smallest absolute Gasteiger partial charge is 0.416 e. The van der Waals surface area contributed by atoms with Crippen LogP contribution in [0.25, 0.3) is 17.1 Å². The Morgan fingerprint density at radius 2 is 1.64 bits per heavy atom. The minimum Gasteiger partial charge on any atom is -0.457 e. The van der Waals surface area contributed by atoms with E-state index in [9.17, 15) is 32.5 Å². The van der Waals surface area contributed by atoms with Gasteiger partial charge < -0.3 is 10.1 Å². The first-order chi connectivity index (χ1) is 20.1. The second-order valence-electron chi connectivity index (χ2n) is 8.93. The molecule has 0 radical (unpaired) electrons. The second-order valence-corrected chi connectivity index (χ2v) is 8.93. The van der Waals surface area contributed by atoms with Crippen molar-refractivity contribution in [2.75, 3.05) is 5.32 Å². The van der Waals surface area contributed by atoms with E-state index < -0.39 is 28.4 Å². The molecule has 13 heteroatoms. The van der Waals surface area contributed by atoms with Gasteiger partial charge in [0.25, 0.3) is 11.6 Å². The van der Waals surface area contributed by atoms with Crippen molar-refractivity contribution in [1.29, 1.82) is 0 Å². The SMILES string of the molecule is O=C(Nc1ccc(-n2nc(OCc3ccc(F)cc3)nc2-c2ccc(C(F)(F)F)cc2)cc1)c1cccc([N+](=O)[O-])c1. The number of benzene rings is 4. The summed E-state index contributed by atoms with van der Waals surface area (Å²) in [6.45, 7) is 0.0133. The van der Waals surface area contributed by atoms with Gasteiger partial charge in [-0.2, -0.15) is 18.2 Å². The first kappa shape index (κ1) is 28.0. The summed E-state index contributed by atoms with van der Waals surface area (Å²) in [6, 6.07) is 21.5. The van der Waals surface area contributed by atoms with E-state index in [1.54, 1.807) is 24.3 Å². The molecular weight excluding hydrogens is 558 g/mol. The predicted octanol–water partition coefficient (Wildman–Crippen LogP) is 6.83. The van der Waals surface area contributed by atoms with Crippen LogP contribution in [-0.4, -0.2) is 25.6 Å². The van der Waals surface area contributed by atoms with Crippen LogP contribution in [0.15, 0.2) is 97.1 Å². The third kappa shape index (κ3) is 6.41. The molecule has 1 aromatic heterocycles. The summed E-state index contributed by atoms with van der Waals surface area (Å²) in [6.07, 6.45) is -4.51. The maximum absolute atomic E-state index is 13.2. The molecule has 5 rings (SSSR count). The number of rotatable bonds is 8. The fourth-order valence-corrected chi connectivity index (χ4v) is 3.91. The number of nitro groups is 1. The number of hydrogen-bond acceptors (Lipinski definition) is 6. The maximum atomic E-state index is 13.2. The van der Waals surface area contributed by atoms with E-state index in [1.807, 2.05) is 0 Å². The van der Waals surface area contributed by atoms with E-state index >= 15 is 0 Å². The van der Waals surface area contributed by atoms with Crippen LogP contribution in [0.4, 0.5) is 28.9 Å². The summed E-state index contributed by atoms with van der Waals surface area (Å²) in [5, 5.41) is 18.0. The third-order valence-corrected chi connectivity index (χ3v) is 6.03. The number of halogens is 4. The van der Waals surface area contributed by atoms with Crippen LogP contribution < -0.4 is 10.1 Å². The fourth-order valence-electron chi connectivity index (χ4n) is 3.91. The predicted molar refractivity (Wildman–Crippen MR) is 144 cm³/mol. The highest BCUT2D eigenvalue weighted by atomic mass is 19.4. The van der Waals surface area contributed by atoms with E-state index in [2.05, 4.69) is 15.4 Å². The minimum absolute atomic E-state index is 0.0133. The van der Waals surface area contributed by atoms with Gasteiger partial charge in [0, 0.05) is 28.9 Å². The van der Waals surface area contributed by atoms with Crippen molar-refractivity contribution < 1.29 is 32.0 Å². The van der Waals surface area contributed by atoms with Gasteiger partial charge in [-0.1, -0.05) is 30.3 Å². The third-order valence-electron chi connectivity index (χ3n) is 6.03. The molecule has 42 heavy (non-hydrogen) atoms. The molecule has 0 aliphatic heterocycles. The molecule has 1 amide bonds. The lowest BCUT2D eigenvalue weighted by molar-refractivity contribution is -0.384. The normalized spacial score (nSPS) is 11.2. The number of anilines is 1. The van der Waals surface area contributed by atoms with Crippen molar-refractivity contribution in [2.45, 2.75) is 12.8 Å². The highest BCUT2D eigenvalue weighted by molar-refractivity contribution is 6.04. The number of nitrogens with zero attached hydrogens (tertiary/aromatic N) is 4. The quantitative estimate of drug-likeness (QED) is 0.123. The van der Waals surface area contributed by atoms with Crippen molar-refractivity contribution in [3.8, 4) is 23.1 Å². The van der Waals surface area contributed by atoms with Gasteiger partial charge in [0.2, 0.25) is 0 Å². The Labute approximate surface area is 235 Å². The van der Waals surface area contributed by atoms with E-state index in [4.69, 9.17) is 4.74 Å². The van der Waals surface area contributed by atoms with Gasteiger partial charge in [0.15, 0.2) is 5.82 Å². The van der Waals surface area contributed by atoms with Crippen LogP contribution in [0.5, 0.6) is 6.01 Å². The van der Waals surface area contributed by atoms with Gasteiger partial charge in [0.05, 0.1) is 16.2 Å². The molecule has 4 aromatic carbocycles. The monoisotopic (exact) mass is 577 g/mol. The van der Waals surface area contributed by atoms with Crippen molar-refractivity contribution in [2.24, 2.45) is 0 Å². The van der Waals surface area contributed by atoms with Gasteiger partial charge in [-0.15, -0.1) is 5.10 Å². The van der Waals surface area contributed by atoms with Crippen LogP contribution in [0.1, 0.15) is 21.5 Å². The van der Waals surface area contributed by atoms with Crippen LogP contribution in [0.2, 0.25) is 0 Å². The van der Waals surface area contributed by atoms with E-state index in [-0.39, 0.29) is 29.7 Å². The molecule has 0 fully saturated rings. The zero-order valence-corrected chi connectivity index (χ0v) is 21.4. The summed E-state index contributed by atoms with van der Waals surface area (Å²) < 4.78 is 59.6. The Morgan fingerprint density at radius 3 is 2.29 bits per heavy atom. The number of nitrogens with one attached hydrogen (secondary N) is 1. The largest absolute Gasteiger partial charge is 0.457 e. The Bertz CT molecular complexity index is 1740. The summed E-state index contributed by atoms with van der Waals surface area (Å²) >= 11 is 0. The molecule has 0 atom stereocenters. The van der Waals surface area contributed by atoms with E-state index in [0.29, 0.717) is 22.5 Å². The number of carbonyl (C=O) groups excluding carboxylic acids is 1. The van der Waals surface area contributed by atoms with Crippen molar-refractivity contribution in [1.82, 2.24) is 14.8 Å². The number of carbonyl (C=O) groups is 1. The van der Waals surface area contributed by atoms with Gasteiger partial charge in [0.1, 0.15) is 12.4 Å². The van der Waals surface area contributed by atoms with Crippen LogP contribution in [0.3, 0.4) is 0 Å². The lowest BCUT2D eigenvalue weighted by Crippen LogP contribution is -2.12. The molecule has 1 N–H and O–H groups in total. The Kier molecular flexibility index (Phi) is 7.65. The fraction of sp³-hybridized carbons (Fsp3) is 0.0690. The molecule has 0 saturated heterocycles. The molecule has 1 heterocycles. The topological polar surface area (TPSA) is 112 Å². The first-order valence-corrected chi connectivity index (χ1v) is 12.2. The lowest BCUT2D eigenvalue weighted by Gasteiger charge is -2.10.